The van der Waals surface area contributed by atoms with Gasteiger partial charge in [-0.15, -0.1) is 0 Å². The lowest BCUT2D eigenvalue weighted by Crippen LogP contribution is -2.62. The van der Waals surface area contributed by atoms with E-state index in [-0.39, 0.29) is 23.9 Å². The molecule has 4 nitrogen and oxygen atoms in total. The molecule has 0 aromatic carbocycles. The first kappa shape index (κ1) is 12.0. The van der Waals surface area contributed by atoms with E-state index in [0.29, 0.717) is 12.3 Å². The second-order valence-electron chi connectivity index (χ2n) is 4.56. The van der Waals surface area contributed by atoms with Crippen LogP contribution in [0, 0.1) is 5.92 Å². The van der Waals surface area contributed by atoms with Crippen LogP contribution < -0.4 is 5.32 Å². The van der Waals surface area contributed by atoms with E-state index in [4.69, 9.17) is 0 Å². The molecule has 1 aliphatic heterocycles. The third-order valence-electron chi connectivity index (χ3n) is 2.84. The molecule has 2 amide bonds. The van der Waals surface area contributed by atoms with Gasteiger partial charge in [-0.3, -0.25) is 9.59 Å². The minimum Gasteiger partial charge on any atom is -0.343 e. The fraction of sp³-hybridized carbons (Fsp3) is 0.818. The van der Waals surface area contributed by atoms with Crippen molar-refractivity contribution in [1.82, 2.24) is 10.2 Å². The third-order valence-corrected chi connectivity index (χ3v) is 2.84. The second-order valence-corrected chi connectivity index (χ2v) is 4.56. The van der Waals surface area contributed by atoms with Gasteiger partial charge in [-0.2, -0.15) is 0 Å². The zero-order valence-electron chi connectivity index (χ0n) is 9.91. The Morgan fingerprint density at radius 3 is 2.47 bits per heavy atom. The Morgan fingerprint density at radius 2 is 2.00 bits per heavy atom. The van der Waals surface area contributed by atoms with Gasteiger partial charge >= 0.3 is 0 Å². The lowest BCUT2D eigenvalue weighted by atomic mass is 9.98. The molecule has 0 aromatic heterocycles. The molecule has 0 saturated carbocycles. The fourth-order valence-electron chi connectivity index (χ4n) is 1.89. The Hall–Kier alpha value is -1.06. The first-order chi connectivity index (χ1) is 6.97. The molecule has 1 fully saturated rings. The average Bonchev–Trinajstić information content (AvgIpc) is 2.18. The number of hydrogen-bond acceptors (Lipinski definition) is 2. The van der Waals surface area contributed by atoms with Crippen LogP contribution in [-0.2, 0) is 9.59 Å². The van der Waals surface area contributed by atoms with Crippen LogP contribution in [0.5, 0.6) is 0 Å². The van der Waals surface area contributed by atoms with E-state index in [1.807, 2.05) is 6.92 Å². The monoisotopic (exact) mass is 212 g/mol. The average molecular weight is 212 g/mol. The number of nitrogens with one attached hydrogen (secondary N) is 1. The molecule has 0 aliphatic carbocycles. The summed E-state index contributed by atoms with van der Waals surface area (Å²) >= 11 is 0. The molecule has 0 radical (unpaired) electrons. The van der Waals surface area contributed by atoms with Gasteiger partial charge in [-0.05, 0) is 18.8 Å². The summed E-state index contributed by atoms with van der Waals surface area (Å²) in [6, 6.07) is -0.619. The number of hydrogen-bond donors (Lipinski definition) is 1. The van der Waals surface area contributed by atoms with Crippen molar-refractivity contribution >= 4 is 11.8 Å². The normalized spacial score (nSPS) is 27.1. The van der Waals surface area contributed by atoms with Crippen LogP contribution in [0.25, 0.3) is 0 Å². The fourth-order valence-corrected chi connectivity index (χ4v) is 1.89. The second kappa shape index (κ2) is 4.64. The molecule has 1 saturated heterocycles. The van der Waals surface area contributed by atoms with E-state index in [9.17, 15) is 9.59 Å². The number of nitrogens with zero attached hydrogens (tertiary/aromatic N) is 1. The Bertz CT molecular complexity index is 263. The summed E-state index contributed by atoms with van der Waals surface area (Å²) in [4.78, 5) is 25.1. The summed E-state index contributed by atoms with van der Waals surface area (Å²) in [6.45, 7) is 6.01. The van der Waals surface area contributed by atoms with E-state index in [0.717, 1.165) is 6.42 Å². The van der Waals surface area contributed by atoms with Gasteiger partial charge in [0.15, 0.2) is 0 Å². The highest BCUT2D eigenvalue weighted by Crippen LogP contribution is 2.16. The quantitative estimate of drug-likeness (QED) is 0.751. The van der Waals surface area contributed by atoms with Crippen LogP contribution in [0.1, 0.15) is 33.6 Å². The standard InChI is InChI=1S/C11H20N2O2/c1-5-8-11(15)13(4)9(6-7(2)3)10(14)12-8/h7-9H,5-6H2,1-4H3,(H,12,14). The van der Waals surface area contributed by atoms with Crippen molar-refractivity contribution in [2.75, 3.05) is 7.05 Å². The maximum absolute atomic E-state index is 11.8. The minimum atomic E-state index is -0.328. The molecule has 0 bridgehead atoms. The number of amides is 2. The third kappa shape index (κ3) is 2.49. The van der Waals surface area contributed by atoms with Gasteiger partial charge in [0.2, 0.25) is 11.8 Å². The molecular weight excluding hydrogens is 192 g/mol. The molecule has 2 unspecified atom stereocenters. The van der Waals surface area contributed by atoms with Crippen LogP contribution in [0.4, 0.5) is 0 Å². The van der Waals surface area contributed by atoms with E-state index >= 15 is 0 Å². The van der Waals surface area contributed by atoms with E-state index < -0.39 is 0 Å². The molecule has 1 aliphatic rings. The summed E-state index contributed by atoms with van der Waals surface area (Å²) < 4.78 is 0. The van der Waals surface area contributed by atoms with Crippen molar-refractivity contribution < 1.29 is 9.59 Å². The molecule has 86 valence electrons. The van der Waals surface area contributed by atoms with Crippen LogP contribution in [-0.4, -0.2) is 35.8 Å². The maximum atomic E-state index is 11.8. The van der Waals surface area contributed by atoms with Gasteiger partial charge in [-0.1, -0.05) is 20.8 Å². The molecule has 0 spiro atoms. The van der Waals surface area contributed by atoms with Crippen LogP contribution >= 0.6 is 0 Å². The summed E-state index contributed by atoms with van der Waals surface area (Å²) in [5.41, 5.74) is 0. The Kier molecular flexibility index (Phi) is 3.72. The van der Waals surface area contributed by atoms with Crippen molar-refractivity contribution in [2.24, 2.45) is 5.92 Å². The Labute approximate surface area is 91.0 Å². The summed E-state index contributed by atoms with van der Waals surface area (Å²) in [5, 5.41) is 2.77. The van der Waals surface area contributed by atoms with Gasteiger partial charge in [0.05, 0.1) is 0 Å². The Balaban J connectivity index is 2.75. The predicted molar refractivity (Wildman–Crippen MR) is 58.2 cm³/mol. The minimum absolute atomic E-state index is 0.0161. The number of rotatable bonds is 3. The summed E-state index contributed by atoms with van der Waals surface area (Å²) in [7, 11) is 1.72. The highest BCUT2D eigenvalue weighted by Gasteiger charge is 2.37. The molecule has 1 N–H and O–H groups in total. The zero-order chi connectivity index (χ0) is 11.6. The van der Waals surface area contributed by atoms with Gasteiger partial charge in [0.1, 0.15) is 12.1 Å². The number of likely N-dealkylation sites (N-methyl/N-ethyl adjacent to an activating group) is 1. The number of carbonyl (C=O) groups excluding carboxylic acids is 2. The van der Waals surface area contributed by atoms with Gasteiger partial charge < -0.3 is 10.2 Å². The molecule has 1 heterocycles. The maximum Gasteiger partial charge on any atom is 0.245 e. The highest BCUT2D eigenvalue weighted by atomic mass is 16.2. The molecular formula is C11H20N2O2. The SMILES string of the molecule is CCC1NC(=O)C(CC(C)C)N(C)C1=O. The summed E-state index contributed by atoms with van der Waals surface area (Å²) in [6.07, 6.45) is 1.38. The molecule has 2 atom stereocenters. The van der Waals surface area contributed by atoms with Gasteiger partial charge in [0.25, 0.3) is 0 Å². The largest absolute Gasteiger partial charge is 0.343 e. The van der Waals surface area contributed by atoms with Gasteiger partial charge in [0, 0.05) is 7.05 Å². The molecule has 1 rings (SSSR count). The molecule has 4 heteroatoms. The highest BCUT2D eigenvalue weighted by molar-refractivity contribution is 5.96. The topological polar surface area (TPSA) is 49.4 Å². The van der Waals surface area contributed by atoms with E-state index in [1.54, 1.807) is 11.9 Å². The van der Waals surface area contributed by atoms with Crippen LogP contribution in [0.3, 0.4) is 0 Å². The van der Waals surface area contributed by atoms with Crippen molar-refractivity contribution in [2.45, 2.75) is 45.7 Å². The van der Waals surface area contributed by atoms with Crippen LogP contribution in [0.2, 0.25) is 0 Å². The number of piperazine rings is 1. The molecule has 0 aromatic rings. The van der Waals surface area contributed by atoms with E-state index in [2.05, 4.69) is 19.2 Å². The van der Waals surface area contributed by atoms with Crippen molar-refractivity contribution in [3.8, 4) is 0 Å². The van der Waals surface area contributed by atoms with Crippen molar-refractivity contribution in [3.63, 3.8) is 0 Å². The first-order valence-electron chi connectivity index (χ1n) is 5.54. The van der Waals surface area contributed by atoms with E-state index in [1.165, 1.54) is 0 Å². The lowest BCUT2D eigenvalue weighted by Gasteiger charge is -2.37. The smallest absolute Gasteiger partial charge is 0.245 e. The molecule has 15 heavy (non-hydrogen) atoms. The zero-order valence-corrected chi connectivity index (χ0v) is 9.91. The van der Waals surface area contributed by atoms with Crippen LogP contribution in [0.15, 0.2) is 0 Å². The summed E-state index contributed by atoms with van der Waals surface area (Å²) in [5.74, 6) is 0.426. The van der Waals surface area contributed by atoms with Crippen molar-refractivity contribution in [3.05, 3.63) is 0 Å². The van der Waals surface area contributed by atoms with Gasteiger partial charge in [-0.25, -0.2) is 0 Å². The number of carbonyl (C=O) groups is 2. The Morgan fingerprint density at radius 1 is 1.40 bits per heavy atom. The first-order valence-corrected chi connectivity index (χ1v) is 5.54. The lowest BCUT2D eigenvalue weighted by molar-refractivity contribution is -0.148. The predicted octanol–water partition coefficient (Wildman–Crippen LogP) is 0.768. The van der Waals surface area contributed by atoms with Crippen molar-refractivity contribution in [1.29, 1.82) is 0 Å².